The van der Waals surface area contributed by atoms with E-state index in [1.165, 1.54) is 16.2 Å². The number of aryl methyl sites for hydroxylation is 1. The average molecular weight is 317 g/mol. The van der Waals surface area contributed by atoms with E-state index in [2.05, 4.69) is 10.3 Å². The third-order valence-corrected chi connectivity index (χ3v) is 4.09. The molecule has 0 aromatic carbocycles. The molecule has 0 spiro atoms. The summed E-state index contributed by atoms with van der Waals surface area (Å²) >= 11 is 3.07. The number of hydrogen-bond donors (Lipinski definition) is 2. The minimum atomic E-state index is -1.01. The molecule has 0 fully saturated rings. The van der Waals surface area contributed by atoms with Gasteiger partial charge in [0.25, 0.3) is 0 Å². The van der Waals surface area contributed by atoms with Crippen molar-refractivity contribution < 1.29 is 14.7 Å². The van der Waals surface area contributed by atoms with Gasteiger partial charge in [0.2, 0.25) is 0 Å². The molecule has 2 amide bonds. The van der Waals surface area contributed by atoms with Crippen LogP contribution in [0.2, 0.25) is 0 Å². The molecular weight excluding hydrogens is 298 g/mol. The van der Waals surface area contributed by atoms with Crippen molar-refractivity contribution in [3.05, 3.63) is 16.1 Å². The van der Waals surface area contributed by atoms with Crippen LogP contribution in [0.15, 0.2) is 5.38 Å². The summed E-state index contributed by atoms with van der Waals surface area (Å²) < 4.78 is 0. The second kappa shape index (κ2) is 8.11. The largest absolute Gasteiger partial charge is 0.480 e. The van der Waals surface area contributed by atoms with Gasteiger partial charge in [0.15, 0.2) is 0 Å². The van der Waals surface area contributed by atoms with E-state index in [9.17, 15) is 9.59 Å². The molecule has 1 heterocycles. The first-order chi connectivity index (χ1) is 9.43. The number of urea groups is 1. The molecule has 2 N–H and O–H groups in total. The fourth-order valence-electron chi connectivity index (χ4n) is 1.55. The molecule has 8 heteroatoms. The van der Waals surface area contributed by atoms with E-state index in [0.717, 1.165) is 10.7 Å². The van der Waals surface area contributed by atoms with Crippen LogP contribution in [0.5, 0.6) is 0 Å². The number of thioether (sulfide) groups is 1. The predicted octanol–water partition coefficient (Wildman–Crippen LogP) is 1.80. The molecule has 0 aliphatic rings. The first-order valence-electron chi connectivity index (χ1n) is 6.08. The topological polar surface area (TPSA) is 82.5 Å². The molecule has 0 unspecified atom stereocenters. The number of hydrogen-bond acceptors (Lipinski definition) is 5. The highest BCUT2D eigenvalue weighted by molar-refractivity contribution is 7.98. The third-order valence-electron chi connectivity index (χ3n) is 2.62. The third kappa shape index (κ3) is 5.38. The van der Waals surface area contributed by atoms with Crippen LogP contribution in [-0.2, 0) is 11.3 Å². The SMILES string of the molecule is CSCC[C@H](NC(=O)N(C)Cc1csc(C)n1)C(=O)O. The van der Waals surface area contributed by atoms with Crippen LogP contribution in [0.1, 0.15) is 17.1 Å². The highest BCUT2D eigenvalue weighted by Gasteiger charge is 2.21. The Hall–Kier alpha value is -1.28. The second-order valence-corrected chi connectivity index (χ2v) is 6.38. The molecule has 20 heavy (non-hydrogen) atoms. The van der Waals surface area contributed by atoms with Gasteiger partial charge >= 0.3 is 12.0 Å². The molecule has 112 valence electrons. The lowest BCUT2D eigenvalue weighted by molar-refractivity contribution is -0.139. The first-order valence-corrected chi connectivity index (χ1v) is 8.35. The summed E-state index contributed by atoms with van der Waals surface area (Å²) in [5, 5.41) is 14.4. The second-order valence-electron chi connectivity index (χ2n) is 4.34. The number of rotatable bonds is 7. The van der Waals surface area contributed by atoms with Gasteiger partial charge in [-0.15, -0.1) is 11.3 Å². The smallest absolute Gasteiger partial charge is 0.326 e. The molecule has 1 rings (SSSR count). The van der Waals surface area contributed by atoms with Crippen molar-refractivity contribution in [1.82, 2.24) is 15.2 Å². The molecule has 0 bridgehead atoms. The van der Waals surface area contributed by atoms with E-state index in [1.54, 1.807) is 18.8 Å². The van der Waals surface area contributed by atoms with Crippen molar-refractivity contribution >= 4 is 35.1 Å². The Balaban J connectivity index is 2.52. The Morgan fingerprint density at radius 3 is 2.80 bits per heavy atom. The first kappa shape index (κ1) is 16.8. The Morgan fingerprint density at radius 1 is 1.60 bits per heavy atom. The lowest BCUT2D eigenvalue weighted by Crippen LogP contribution is -2.46. The van der Waals surface area contributed by atoms with Crippen molar-refractivity contribution in [2.45, 2.75) is 25.9 Å². The van der Waals surface area contributed by atoms with E-state index >= 15 is 0 Å². The number of nitrogens with one attached hydrogen (secondary N) is 1. The number of thiazole rings is 1. The normalized spacial score (nSPS) is 11.9. The minimum Gasteiger partial charge on any atom is -0.480 e. The highest BCUT2D eigenvalue weighted by atomic mass is 32.2. The summed E-state index contributed by atoms with van der Waals surface area (Å²) in [5.74, 6) is -0.322. The van der Waals surface area contributed by atoms with Crippen LogP contribution in [0, 0.1) is 6.92 Å². The lowest BCUT2D eigenvalue weighted by Gasteiger charge is -2.20. The molecule has 1 aromatic heterocycles. The van der Waals surface area contributed by atoms with Gasteiger partial charge < -0.3 is 15.3 Å². The van der Waals surface area contributed by atoms with Gasteiger partial charge in [0.05, 0.1) is 17.2 Å². The number of carbonyl (C=O) groups is 2. The molecule has 0 aliphatic heterocycles. The fraction of sp³-hybridized carbons (Fsp3) is 0.583. The maximum absolute atomic E-state index is 12.0. The molecule has 0 saturated heterocycles. The number of aliphatic carboxylic acids is 1. The average Bonchev–Trinajstić information content (AvgIpc) is 2.79. The standard InChI is InChI=1S/C12H19N3O3S2/c1-8-13-9(7-20-8)6-15(2)12(18)14-10(11(16)17)4-5-19-3/h7,10H,4-6H2,1-3H3,(H,14,18)(H,16,17)/t10-/m0/s1. The summed E-state index contributed by atoms with van der Waals surface area (Å²) in [6.07, 6.45) is 2.31. The van der Waals surface area contributed by atoms with E-state index in [4.69, 9.17) is 5.11 Å². The van der Waals surface area contributed by atoms with Crippen molar-refractivity contribution in [2.75, 3.05) is 19.1 Å². The van der Waals surface area contributed by atoms with E-state index in [0.29, 0.717) is 18.7 Å². The summed E-state index contributed by atoms with van der Waals surface area (Å²) in [5.41, 5.74) is 0.807. The quantitative estimate of drug-likeness (QED) is 0.801. The summed E-state index contributed by atoms with van der Waals surface area (Å²) in [6, 6.07) is -1.25. The van der Waals surface area contributed by atoms with E-state index in [-0.39, 0.29) is 0 Å². The Kier molecular flexibility index (Phi) is 6.80. The van der Waals surface area contributed by atoms with Crippen LogP contribution >= 0.6 is 23.1 Å². The zero-order valence-corrected chi connectivity index (χ0v) is 13.4. The molecule has 1 atom stereocenters. The maximum Gasteiger partial charge on any atom is 0.326 e. The number of carboxylic acid groups (broad SMARTS) is 1. The molecule has 1 aromatic rings. The molecular formula is C12H19N3O3S2. The van der Waals surface area contributed by atoms with Crippen LogP contribution in [0.4, 0.5) is 4.79 Å². The Labute approximate surface area is 126 Å². The van der Waals surface area contributed by atoms with Gasteiger partial charge in [-0.1, -0.05) is 0 Å². The number of carboxylic acids is 1. The van der Waals surface area contributed by atoms with Gasteiger partial charge in [-0.25, -0.2) is 14.6 Å². The van der Waals surface area contributed by atoms with E-state index in [1.807, 2.05) is 18.6 Å². The predicted molar refractivity (Wildman–Crippen MR) is 81.3 cm³/mol. The minimum absolute atomic E-state index is 0.366. The van der Waals surface area contributed by atoms with Crippen molar-refractivity contribution in [2.24, 2.45) is 0 Å². The van der Waals surface area contributed by atoms with Crippen molar-refractivity contribution in [1.29, 1.82) is 0 Å². The van der Waals surface area contributed by atoms with Gasteiger partial charge in [0.1, 0.15) is 6.04 Å². The van der Waals surface area contributed by atoms with Gasteiger partial charge in [-0.2, -0.15) is 11.8 Å². The number of amides is 2. The van der Waals surface area contributed by atoms with Gasteiger partial charge in [0, 0.05) is 12.4 Å². The number of carbonyl (C=O) groups excluding carboxylic acids is 1. The number of aromatic nitrogens is 1. The molecule has 0 radical (unpaired) electrons. The Morgan fingerprint density at radius 2 is 2.30 bits per heavy atom. The summed E-state index contributed by atoms with van der Waals surface area (Å²) in [4.78, 5) is 28.7. The summed E-state index contributed by atoms with van der Waals surface area (Å²) in [6.45, 7) is 2.27. The zero-order chi connectivity index (χ0) is 15.1. The fourth-order valence-corrected chi connectivity index (χ4v) is 2.62. The zero-order valence-electron chi connectivity index (χ0n) is 11.8. The molecule has 0 saturated carbocycles. The van der Waals surface area contributed by atoms with Crippen LogP contribution in [0.25, 0.3) is 0 Å². The summed E-state index contributed by atoms with van der Waals surface area (Å²) in [7, 11) is 1.62. The van der Waals surface area contributed by atoms with Gasteiger partial charge in [-0.05, 0) is 25.4 Å². The molecule has 0 aliphatic carbocycles. The monoisotopic (exact) mass is 317 g/mol. The number of nitrogens with zero attached hydrogens (tertiary/aromatic N) is 2. The Bertz CT molecular complexity index is 465. The molecule has 6 nitrogen and oxygen atoms in total. The van der Waals surface area contributed by atoms with E-state index < -0.39 is 18.0 Å². The maximum atomic E-state index is 12.0. The van der Waals surface area contributed by atoms with Crippen molar-refractivity contribution in [3.63, 3.8) is 0 Å². The van der Waals surface area contributed by atoms with Crippen molar-refractivity contribution in [3.8, 4) is 0 Å². The highest BCUT2D eigenvalue weighted by Crippen LogP contribution is 2.10. The van der Waals surface area contributed by atoms with Gasteiger partial charge in [-0.3, -0.25) is 0 Å². The van der Waals surface area contributed by atoms with Crippen LogP contribution < -0.4 is 5.32 Å². The lowest BCUT2D eigenvalue weighted by atomic mass is 10.2. The van der Waals surface area contributed by atoms with Crippen LogP contribution in [-0.4, -0.2) is 52.1 Å². The van der Waals surface area contributed by atoms with Crippen LogP contribution in [0.3, 0.4) is 0 Å².